The van der Waals surface area contributed by atoms with Gasteiger partial charge in [-0.05, 0) is 63.7 Å². The Kier molecular flexibility index (Phi) is 8.06. The van der Waals surface area contributed by atoms with Gasteiger partial charge in [0.25, 0.3) is 0 Å². The van der Waals surface area contributed by atoms with Crippen molar-refractivity contribution in [1.29, 1.82) is 0 Å². The molecule has 64 heavy (non-hydrogen) atoms. The lowest BCUT2D eigenvalue weighted by molar-refractivity contribution is 0.361. The van der Waals surface area contributed by atoms with Crippen LogP contribution in [0.3, 0.4) is 0 Å². The number of benzene rings is 9. The molecule has 5 heteroatoms. The Morgan fingerprint density at radius 1 is 0.375 bits per heavy atom. The standard InChI is InChI=1S/C59H36N2O3/c1-4-16-38(17-5-1)49-36-50(61-58(60-49)39-32-30-37(31-33-39)42-24-14-25-44-43-22-11-13-28-51(43)62-55(42)44)46-26-15-29-52-56(46)63-53-35-34-48-54(57(53)64-52)45-23-10-12-27-47(45)59(48,40-18-6-2-7-19-40)41-20-8-3-9-21-41/h1-36H. The fourth-order valence-corrected chi connectivity index (χ4v) is 10.0. The van der Waals surface area contributed by atoms with E-state index in [2.05, 4.69) is 158 Å². The van der Waals surface area contributed by atoms with E-state index in [1.54, 1.807) is 0 Å². The summed E-state index contributed by atoms with van der Waals surface area (Å²) < 4.78 is 20.5. The summed E-state index contributed by atoms with van der Waals surface area (Å²) in [4.78, 5) is 10.4. The molecule has 1 aliphatic carbocycles. The summed E-state index contributed by atoms with van der Waals surface area (Å²) in [5.41, 5.74) is 14.4. The molecule has 0 spiro atoms. The predicted octanol–water partition coefficient (Wildman–Crippen LogP) is 15.3. The molecule has 0 N–H and O–H groups in total. The van der Waals surface area contributed by atoms with Crippen molar-refractivity contribution < 1.29 is 13.9 Å². The van der Waals surface area contributed by atoms with E-state index in [1.165, 1.54) is 16.7 Å². The Balaban J connectivity index is 0.926. The minimum absolute atomic E-state index is 0.556. The molecule has 11 aromatic rings. The molecule has 9 aromatic carbocycles. The lowest BCUT2D eigenvalue weighted by atomic mass is 9.68. The van der Waals surface area contributed by atoms with Gasteiger partial charge in [-0.2, -0.15) is 0 Å². The van der Waals surface area contributed by atoms with Crippen LogP contribution in [0, 0.1) is 0 Å². The summed E-state index contributed by atoms with van der Waals surface area (Å²) in [5, 5.41) is 2.21. The fraction of sp³-hybridized carbons (Fsp3) is 0.0169. The molecule has 0 fully saturated rings. The normalized spacial score (nSPS) is 13.1. The Hall–Kier alpha value is -8.54. The van der Waals surface area contributed by atoms with Gasteiger partial charge >= 0.3 is 0 Å². The van der Waals surface area contributed by atoms with Crippen LogP contribution in [0.25, 0.3) is 78.1 Å². The van der Waals surface area contributed by atoms with Crippen LogP contribution >= 0.6 is 0 Å². The van der Waals surface area contributed by atoms with E-state index < -0.39 is 5.41 Å². The minimum atomic E-state index is -0.556. The number of fused-ring (bicyclic) bond motifs is 9. The summed E-state index contributed by atoms with van der Waals surface area (Å²) in [6, 6.07) is 75.8. The zero-order valence-electron chi connectivity index (χ0n) is 34.4. The smallest absolute Gasteiger partial charge is 0.179 e. The fourth-order valence-electron chi connectivity index (χ4n) is 10.0. The van der Waals surface area contributed by atoms with Crippen LogP contribution in [-0.2, 0) is 5.41 Å². The van der Waals surface area contributed by atoms with Gasteiger partial charge in [0, 0.05) is 38.6 Å². The van der Waals surface area contributed by atoms with Gasteiger partial charge in [-0.15, -0.1) is 0 Å². The molecule has 0 saturated heterocycles. The van der Waals surface area contributed by atoms with Gasteiger partial charge in [0.05, 0.1) is 16.8 Å². The third-order valence-corrected chi connectivity index (χ3v) is 12.9. The molecule has 0 atom stereocenters. The highest BCUT2D eigenvalue weighted by atomic mass is 16.6. The molecule has 0 bridgehead atoms. The van der Waals surface area contributed by atoms with Crippen LogP contribution in [0.1, 0.15) is 22.3 Å². The van der Waals surface area contributed by atoms with Crippen LogP contribution in [0.5, 0.6) is 23.0 Å². The van der Waals surface area contributed by atoms with Crippen molar-refractivity contribution in [3.05, 3.63) is 241 Å². The van der Waals surface area contributed by atoms with Crippen molar-refractivity contribution in [1.82, 2.24) is 9.97 Å². The van der Waals surface area contributed by atoms with Crippen molar-refractivity contribution in [3.63, 3.8) is 0 Å². The van der Waals surface area contributed by atoms with Crippen molar-refractivity contribution in [3.8, 4) is 79.2 Å². The molecule has 2 aromatic heterocycles. The van der Waals surface area contributed by atoms with Crippen molar-refractivity contribution >= 4 is 21.9 Å². The molecule has 0 saturated carbocycles. The van der Waals surface area contributed by atoms with E-state index in [4.69, 9.17) is 23.9 Å². The third kappa shape index (κ3) is 5.44. The van der Waals surface area contributed by atoms with Crippen LogP contribution in [0.2, 0.25) is 0 Å². The van der Waals surface area contributed by atoms with Gasteiger partial charge < -0.3 is 13.9 Å². The SMILES string of the molecule is c1ccc(-c2cc(-c3cccc4c3Oc3ccc5c(c3O4)-c3ccccc3C5(c3ccccc3)c3ccccc3)nc(-c3ccc(-c4cccc5c4oc4ccccc45)cc3)n2)cc1. The Morgan fingerprint density at radius 3 is 1.77 bits per heavy atom. The second-order valence-electron chi connectivity index (χ2n) is 16.4. The molecule has 3 heterocycles. The number of furan rings is 1. The van der Waals surface area contributed by atoms with Gasteiger partial charge in [-0.1, -0.05) is 188 Å². The minimum Gasteiger partial charge on any atom is -0.455 e. The average Bonchev–Trinajstić information content (AvgIpc) is 3.91. The Bertz CT molecular complexity index is 3560. The maximum Gasteiger partial charge on any atom is 0.179 e. The molecule has 2 aliphatic rings. The zero-order valence-corrected chi connectivity index (χ0v) is 34.4. The van der Waals surface area contributed by atoms with Crippen LogP contribution in [0.15, 0.2) is 223 Å². The Morgan fingerprint density at radius 2 is 0.969 bits per heavy atom. The van der Waals surface area contributed by atoms with E-state index >= 15 is 0 Å². The van der Waals surface area contributed by atoms with Gasteiger partial charge in [0.2, 0.25) is 0 Å². The second-order valence-corrected chi connectivity index (χ2v) is 16.4. The Labute approximate surface area is 369 Å². The number of nitrogens with zero attached hydrogens (tertiary/aromatic N) is 2. The lowest BCUT2D eigenvalue weighted by Gasteiger charge is -2.34. The van der Waals surface area contributed by atoms with Crippen LogP contribution in [0.4, 0.5) is 0 Å². The molecule has 0 unspecified atom stereocenters. The average molecular weight is 821 g/mol. The number of aromatic nitrogens is 2. The third-order valence-electron chi connectivity index (χ3n) is 12.9. The van der Waals surface area contributed by atoms with Crippen LogP contribution in [-0.4, -0.2) is 9.97 Å². The first-order chi connectivity index (χ1) is 31.7. The van der Waals surface area contributed by atoms with E-state index in [0.29, 0.717) is 28.8 Å². The molecule has 300 valence electrons. The first-order valence-electron chi connectivity index (χ1n) is 21.6. The van der Waals surface area contributed by atoms with Crippen molar-refractivity contribution in [2.45, 2.75) is 5.41 Å². The van der Waals surface area contributed by atoms with Crippen LogP contribution < -0.4 is 9.47 Å². The largest absolute Gasteiger partial charge is 0.455 e. The predicted molar refractivity (Wildman–Crippen MR) is 255 cm³/mol. The first kappa shape index (κ1) is 36.1. The number of hydrogen-bond acceptors (Lipinski definition) is 5. The summed E-state index contributed by atoms with van der Waals surface area (Å²) in [6.07, 6.45) is 0. The molecule has 5 nitrogen and oxygen atoms in total. The highest BCUT2D eigenvalue weighted by molar-refractivity contribution is 6.09. The highest BCUT2D eigenvalue weighted by Gasteiger charge is 2.48. The molecule has 0 amide bonds. The number of para-hydroxylation sites is 3. The van der Waals surface area contributed by atoms with Gasteiger partial charge in [-0.3, -0.25) is 0 Å². The molecular formula is C59H36N2O3. The highest BCUT2D eigenvalue weighted by Crippen LogP contribution is 2.62. The maximum atomic E-state index is 7.06. The monoisotopic (exact) mass is 820 g/mol. The maximum absolute atomic E-state index is 7.06. The number of rotatable bonds is 6. The molecule has 13 rings (SSSR count). The summed E-state index contributed by atoms with van der Waals surface area (Å²) >= 11 is 0. The van der Waals surface area contributed by atoms with Gasteiger partial charge in [-0.25, -0.2) is 9.97 Å². The first-order valence-corrected chi connectivity index (χ1v) is 21.6. The summed E-state index contributed by atoms with van der Waals surface area (Å²) in [6.45, 7) is 0. The van der Waals surface area contributed by atoms with Crippen molar-refractivity contribution in [2.75, 3.05) is 0 Å². The molecular weight excluding hydrogens is 785 g/mol. The lowest BCUT2D eigenvalue weighted by Crippen LogP contribution is -2.28. The van der Waals surface area contributed by atoms with E-state index in [-0.39, 0.29) is 0 Å². The van der Waals surface area contributed by atoms with E-state index in [9.17, 15) is 0 Å². The van der Waals surface area contributed by atoms with Gasteiger partial charge in [0.1, 0.15) is 11.2 Å². The summed E-state index contributed by atoms with van der Waals surface area (Å²) in [5.74, 6) is 3.19. The molecule has 1 aliphatic heterocycles. The van der Waals surface area contributed by atoms with E-state index in [0.717, 1.165) is 77.8 Å². The second kappa shape index (κ2) is 14.3. The number of ether oxygens (including phenoxy) is 2. The molecule has 0 radical (unpaired) electrons. The summed E-state index contributed by atoms with van der Waals surface area (Å²) in [7, 11) is 0. The zero-order chi connectivity index (χ0) is 42.2. The quantitative estimate of drug-likeness (QED) is 0.167. The van der Waals surface area contributed by atoms with Gasteiger partial charge in [0.15, 0.2) is 28.8 Å². The number of hydrogen-bond donors (Lipinski definition) is 0. The van der Waals surface area contributed by atoms with Crippen molar-refractivity contribution in [2.24, 2.45) is 0 Å². The van der Waals surface area contributed by atoms with E-state index in [1.807, 2.05) is 60.7 Å². The topological polar surface area (TPSA) is 57.4 Å².